The number of aliphatic carboxylic acids is 1. The lowest BCUT2D eigenvalue weighted by molar-refractivity contribution is -0.140. The van der Waals surface area contributed by atoms with Gasteiger partial charge in [0.25, 0.3) is 5.91 Å². The smallest absolute Gasteiger partial charge is 0.328 e. The predicted molar refractivity (Wildman–Crippen MR) is 102 cm³/mol. The van der Waals surface area contributed by atoms with Crippen molar-refractivity contribution < 1.29 is 14.7 Å². The van der Waals surface area contributed by atoms with Crippen LogP contribution < -0.4 is 0 Å². The first-order valence-electron chi connectivity index (χ1n) is 8.58. The number of carbonyl (C=O) groups is 2. The monoisotopic (exact) mass is 410 g/mol. The van der Waals surface area contributed by atoms with Crippen molar-refractivity contribution in [1.82, 2.24) is 19.6 Å². The number of hydrogen-bond acceptors (Lipinski definition) is 4. The number of carbonyl (C=O) groups excluding carboxylic acids is 1. The molecule has 0 saturated carbocycles. The summed E-state index contributed by atoms with van der Waals surface area (Å²) < 4.78 is 1.25. The summed E-state index contributed by atoms with van der Waals surface area (Å²) in [5, 5.41) is 14.4. The van der Waals surface area contributed by atoms with E-state index in [9.17, 15) is 14.7 Å². The van der Waals surface area contributed by atoms with Crippen molar-refractivity contribution in [2.75, 3.05) is 26.2 Å². The van der Waals surface area contributed by atoms with E-state index in [4.69, 9.17) is 23.2 Å². The summed E-state index contributed by atoms with van der Waals surface area (Å²) in [6.07, 6.45) is 1.45. The maximum atomic E-state index is 12.8. The third-order valence-electron chi connectivity index (χ3n) is 4.68. The summed E-state index contributed by atoms with van der Waals surface area (Å²) in [5.74, 6) is -1.23. The standard InChI is InChI=1S/C18H20Cl2N4O3/c1-12(18(26)27)24-16(4-5-21-24)17(25)23-8-6-22(7-9-23)11-13-2-3-14(19)10-15(13)20/h2-5,10,12H,6-9,11H2,1H3,(H,26,27). The number of hydrogen-bond donors (Lipinski definition) is 1. The summed E-state index contributed by atoms with van der Waals surface area (Å²) in [5.41, 5.74) is 1.29. The van der Waals surface area contributed by atoms with E-state index in [1.165, 1.54) is 17.8 Å². The third-order valence-corrected chi connectivity index (χ3v) is 5.27. The average Bonchev–Trinajstić information content (AvgIpc) is 3.13. The second kappa shape index (κ2) is 8.29. The van der Waals surface area contributed by atoms with Gasteiger partial charge in [-0.1, -0.05) is 29.3 Å². The maximum Gasteiger partial charge on any atom is 0.328 e. The van der Waals surface area contributed by atoms with Crippen LogP contribution >= 0.6 is 23.2 Å². The molecule has 7 nitrogen and oxygen atoms in total. The largest absolute Gasteiger partial charge is 0.480 e. The number of carboxylic acids is 1. The van der Waals surface area contributed by atoms with Crippen LogP contribution in [0.4, 0.5) is 0 Å². The fraction of sp³-hybridized carbons (Fsp3) is 0.389. The molecule has 0 radical (unpaired) electrons. The van der Waals surface area contributed by atoms with Crippen molar-refractivity contribution >= 4 is 35.1 Å². The Morgan fingerprint density at radius 3 is 2.52 bits per heavy atom. The van der Waals surface area contributed by atoms with Gasteiger partial charge in [0.2, 0.25) is 0 Å². The number of benzene rings is 1. The lowest BCUT2D eigenvalue weighted by Crippen LogP contribution is -2.48. The molecule has 2 heterocycles. The van der Waals surface area contributed by atoms with Crippen molar-refractivity contribution in [3.8, 4) is 0 Å². The molecule has 1 N–H and O–H groups in total. The number of piperazine rings is 1. The van der Waals surface area contributed by atoms with Crippen molar-refractivity contribution in [2.24, 2.45) is 0 Å². The van der Waals surface area contributed by atoms with Crippen molar-refractivity contribution in [3.63, 3.8) is 0 Å². The third kappa shape index (κ3) is 4.43. The van der Waals surface area contributed by atoms with Gasteiger partial charge in [0, 0.05) is 49.0 Å². The maximum absolute atomic E-state index is 12.8. The Morgan fingerprint density at radius 1 is 1.19 bits per heavy atom. The Hall–Kier alpha value is -2.09. The quantitative estimate of drug-likeness (QED) is 0.819. The fourth-order valence-corrected chi connectivity index (χ4v) is 3.53. The van der Waals surface area contributed by atoms with E-state index in [-0.39, 0.29) is 5.91 Å². The zero-order chi connectivity index (χ0) is 19.6. The first kappa shape index (κ1) is 19.7. The van der Waals surface area contributed by atoms with Crippen LogP contribution in [0.1, 0.15) is 29.0 Å². The van der Waals surface area contributed by atoms with Gasteiger partial charge >= 0.3 is 5.97 Å². The molecule has 1 unspecified atom stereocenters. The highest BCUT2D eigenvalue weighted by Gasteiger charge is 2.27. The normalized spacial score (nSPS) is 16.3. The molecule has 9 heteroatoms. The molecular weight excluding hydrogens is 391 g/mol. The molecule has 1 atom stereocenters. The topological polar surface area (TPSA) is 78.7 Å². The van der Waals surface area contributed by atoms with Crippen LogP contribution in [-0.4, -0.2) is 62.7 Å². The molecule has 0 aliphatic carbocycles. The van der Waals surface area contributed by atoms with E-state index in [0.717, 1.165) is 5.56 Å². The fourth-order valence-electron chi connectivity index (χ4n) is 3.06. The minimum atomic E-state index is -1.03. The second-order valence-corrected chi connectivity index (χ2v) is 7.32. The number of carboxylic acid groups (broad SMARTS) is 1. The second-order valence-electron chi connectivity index (χ2n) is 6.48. The van der Waals surface area contributed by atoms with Gasteiger partial charge in [0.15, 0.2) is 0 Å². The summed E-state index contributed by atoms with van der Waals surface area (Å²) in [6.45, 7) is 4.69. The average molecular weight is 411 g/mol. The van der Waals surface area contributed by atoms with Crippen molar-refractivity contribution in [2.45, 2.75) is 19.5 Å². The van der Waals surface area contributed by atoms with Crippen molar-refractivity contribution in [1.29, 1.82) is 0 Å². The molecule has 1 saturated heterocycles. The Labute approximate surface area is 167 Å². The molecule has 144 valence electrons. The minimum Gasteiger partial charge on any atom is -0.480 e. The zero-order valence-corrected chi connectivity index (χ0v) is 16.3. The number of amides is 1. The lowest BCUT2D eigenvalue weighted by Gasteiger charge is -2.35. The minimum absolute atomic E-state index is 0.204. The predicted octanol–water partition coefficient (Wildman–Crippen LogP) is 2.79. The van der Waals surface area contributed by atoms with Gasteiger partial charge in [-0.2, -0.15) is 5.10 Å². The number of nitrogens with zero attached hydrogens (tertiary/aromatic N) is 4. The molecule has 1 aliphatic heterocycles. The van der Waals surface area contributed by atoms with Crippen molar-refractivity contribution in [3.05, 3.63) is 51.8 Å². The van der Waals surface area contributed by atoms with Crippen LogP contribution in [0.15, 0.2) is 30.5 Å². The summed E-state index contributed by atoms with van der Waals surface area (Å²) in [6, 6.07) is 6.11. The van der Waals surface area contributed by atoms with Gasteiger partial charge in [0.1, 0.15) is 11.7 Å². The molecule has 27 heavy (non-hydrogen) atoms. The first-order chi connectivity index (χ1) is 12.9. The summed E-state index contributed by atoms with van der Waals surface area (Å²) in [4.78, 5) is 27.9. The molecule has 1 aromatic carbocycles. The summed E-state index contributed by atoms with van der Waals surface area (Å²) >= 11 is 12.2. The van der Waals surface area contributed by atoms with E-state index in [0.29, 0.717) is 48.5 Å². The van der Waals surface area contributed by atoms with E-state index < -0.39 is 12.0 Å². The van der Waals surface area contributed by atoms with E-state index in [1.807, 2.05) is 12.1 Å². The molecule has 2 aromatic rings. The van der Waals surface area contributed by atoms with Crippen LogP contribution in [0.2, 0.25) is 10.0 Å². The molecular formula is C18H20Cl2N4O3. The highest BCUT2D eigenvalue weighted by atomic mass is 35.5. The summed E-state index contributed by atoms with van der Waals surface area (Å²) in [7, 11) is 0. The van der Waals surface area contributed by atoms with Gasteiger partial charge in [-0.05, 0) is 30.7 Å². The van der Waals surface area contributed by atoms with Crippen LogP contribution in [0, 0.1) is 0 Å². The SMILES string of the molecule is CC(C(=O)O)n1nccc1C(=O)N1CCN(Cc2ccc(Cl)cc2Cl)CC1. The van der Waals surface area contributed by atoms with Gasteiger partial charge < -0.3 is 10.0 Å². The van der Waals surface area contributed by atoms with Gasteiger partial charge in [0.05, 0.1) is 0 Å². The molecule has 0 spiro atoms. The van der Waals surface area contributed by atoms with E-state index >= 15 is 0 Å². The van der Waals surface area contributed by atoms with Crippen LogP contribution in [0.25, 0.3) is 0 Å². The molecule has 1 aliphatic rings. The number of rotatable bonds is 5. The Bertz CT molecular complexity index is 847. The van der Waals surface area contributed by atoms with Gasteiger partial charge in [-0.25, -0.2) is 9.48 Å². The zero-order valence-electron chi connectivity index (χ0n) is 14.8. The van der Waals surface area contributed by atoms with E-state index in [1.54, 1.807) is 17.0 Å². The highest BCUT2D eigenvalue weighted by Crippen LogP contribution is 2.23. The Balaban J connectivity index is 1.62. The molecule has 1 aromatic heterocycles. The van der Waals surface area contributed by atoms with Gasteiger partial charge in [-0.3, -0.25) is 9.69 Å². The van der Waals surface area contributed by atoms with Gasteiger partial charge in [-0.15, -0.1) is 0 Å². The number of halogens is 2. The van der Waals surface area contributed by atoms with Crippen LogP contribution in [0.3, 0.4) is 0 Å². The Kier molecular flexibility index (Phi) is 6.04. The van der Waals surface area contributed by atoms with Crippen LogP contribution in [0.5, 0.6) is 0 Å². The number of aromatic nitrogens is 2. The Morgan fingerprint density at radius 2 is 1.89 bits per heavy atom. The molecule has 3 rings (SSSR count). The molecule has 1 amide bonds. The first-order valence-corrected chi connectivity index (χ1v) is 9.34. The lowest BCUT2D eigenvalue weighted by atomic mass is 10.2. The van der Waals surface area contributed by atoms with Crippen LogP contribution in [-0.2, 0) is 11.3 Å². The molecule has 1 fully saturated rings. The molecule has 0 bridgehead atoms. The highest BCUT2D eigenvalue weighted by molar-refractivity contribution is 6.35. The van der Waals surface area contributed by atoms with E-state index in [2.05, 4.69) is 10.00 Å².